The van der Waals surface area contributed by atoms with Crippen LogP contribution in [0.5, 0.6) is 0 Å². The van der Waals surface area contributed by atoms with Gasteiger partial charge in [0.15, 0.2) is 0 Å². The highest BCUT2D eigenvalue weighted by Gasteiger charge is 2.26. The van der Waals surface area contributed by atoms with Gasteiger partial charge in [0.05, 0.1) is 11.0 Å². The number of hydrogen-bond acceptors (Lipinski definition) is 6. The number of carbonyl (C=O) groups is 1. The number of aryl methyl sites for hydroxylation is 3. The quantitative estimate of drug-likeness (QED) is 0.208. The van der Waals surface area contributed by atoms with E-state index in [2.05, 4.69) is 36.7 Å². The molecule has 0 aliphatic carbocycles. The maximum absolute atomic E-state index is 13.5. The van der Waals surface area contributed by atoms with Crippen molar-refractivity contribution < 1.29 is 23.4 Å². The molecule has 0 bridgehead atoms. The van der Waals surface area contributed by atoms with Gasteiger partial charge in [-0.1, -0.05) is 43.3 Å². The summed E-state index contributed by atoms with van der Waals surface area (Å²) in [6.07, 6.45) is 3.25. The summed E-state index contributed by atoms with van der Waals surface area (Å²) in [6, 6.07) is 17.2. The van der Waals surface area contributed by atoms with Crippen molar-refractivity contribution in [3.8, 4) is 11.1 Å². The molecule has 218 valence electrons. The Bertz CT molecular complexity index is 1340. The maximum atomic E-state index is 13.5. The fraction of sp³-hybridized carbons (Fsp3) is 0.452. The van der Waals surface area contributed by atoms with E-state index in [1.54, 1.807) is 23.5 Å². The molecular formula is C31H42N2O5S2. The maximum Gasteiger partial charge on any atom is 0.303 e. The predicted molar refractivity (Wildman–Crippen MR) is 162 cm³/mol. The fourth-order valence-electron chi connectivity index (χ4n) is 4.67. The number of rotatable bonds is 16. The van der Waals surface area contributed by atoms with Gasteiger partial charge in [0, 0.05) is 37.0 Å². The van der Waals surface area contributed by atoms with Gasteiger partial charge in [0.25, 0.3) is 0 Å². The molecule has 1 atom stereocenters. The highest BCUT2D eigenvalue weighted by Crippen LogP contribution is 2.28. The Hall–Kier alpha value is -2.56. The van der Waals surface area contributed by atoms with E-state index in [0.29, 0.717) is 24.9 Å². The van der Waals surface area contributed by atoms with Crippen molar-refractivity contribution in [1.82, 2.24) is 9.62 Å². The van der Waals surface area contributed by atoms with Gasteiger partial charge in [-0.15, -0.1) is 11.3 Å². The monoisotopic (exact) mass is 586 g/mol. The SMILES string of the molecule is CCc1cc(-c2ccc(CCC(=O)O)cc2)ccc1S(=O)(=O)N(C)C[C@H](O)CNC(C)(C)CCCc1cccs1. The third kappa shape index (κ3) is 9.24. The van der Waals surface area contributed by atoms with E-state index in [1.807, 2.05) is 37.3 Å². The molecule has 0 spiro atoms. The molecule has 0 unspecified atom stereocenters. The molecular weight excluding hydrogens is 544 g/mol. The molecule has 0 fully saturated rings. The molecule has 7 nitrogen and oxygen atoms in total. The number of thiophene rings is 1. The first-order valence-corrected chi connectivity index (χ1v) is 16.1. The minimum Gasteiger partial charge on any atom is -0.481 e. The Balaban J connectivity index is 1.60. The molecule has 40 heavy (non-hydrogen) atoms. The number of sulfonamides is 1. The Kier molecular flexibility index (Phi) is 11.5. The Morgan fingerprint density at radius 2 is 1.77 bits per heavy atom. The van der Waals surface area contributed by atoms with E-state index in [-0.39, 0.29) is 23.4 Å². The third-order valence-corrected chi connectivity index (χ3v) is 9.99. The highest BCUT2D eigenvalue weighted by molar-refractivity contribution is 7.89. The van der Waals surface area contributed by atoms with E-state index in [1.165, 1.54) is 16.2 Å². The molecule has 1 aromatic heterocycles. The second-order valence-electron chi connectivity index (χ2n) is 10.9. The first-order valence-electron chi connectivity index (χ1n) is 13.8. The summed E-state index contributed by atoms with van der Waals surface area (Å²) in [7, 11) is -2.29. The van der Waals surface area contributed by atoms with Crippen molar-refractivity contribution in [3.63, 3.8) is 0 Å². The molecule has 0 saturated heterocycles. The lowest BCUT2D eigenvalue weighted by Crippen LogP contribution is -2.46. The molecule has 1 heterocycles. The van der Waals surface area contributed by atoms with Gasteiger partial charge >= 0.3 is 5.97 Å². The third-order valence-electron chi connectivity index (χ3n) is 7.13. The highest BCUT2D eigenvalue weighted by atomic mass is 32.2. The number of likely N-dealkylation sites (N-methyl/N-ethyl adjacent to an activating group) is 1. The number of nitrogens with one attached hydrogen (secondary N) is 1. The van der Waals surface area contributed by atoms with E-state index in [4.69, 9.17) is 5.11 Å². The lowest BCUT2D eigenvalue weighted by molar-refractivity contribution is -0.136. The Morgan fingerprint density at radius 3 is 2.40 bits per heavy atom. The van der Waals surface area contributed by atoms with Crippen molar-refractivity contribution in [2.45, 2.75) is 75.8 Å². The van der Waals surface area contributed by atoms with Crippen LogP contribution < -0.4 is 5.32 Å². The minimum atomic E-state index is -3.80. The zero-order valence-corrected chi connectivity index (χ0v) is 25.5. The van der Waals surface area contributed by atoms with E-state index < -0.39 is 22.1 Å². The summed E-state index contributed by atoms with van der Waals surface area (Å²) >= 11 is 1.76. The van der Waals surface area contributed by atoms with Crippen LogP contribution >= 0.6 is 11.3 Å². The first-order chi connectivity index (χ1) is 18.9. The molecule has 3 rings (SSSR count). The average molecular weight is 587 g/mol. The molecule has 9 heteroatoms. The zero-order chi connectivity index (χ0) is 29.3. The molecule has 0 amide bonds. The second-order valence-corrected chi connectivity index (χ2v) is 13.9. The van der Waals surface area contributed by atoms with Crippen LogP contribution in [0.1, 0.15) is 56.0 Å². The lowest BCUT2D eigenvalue weighted by Gasteiger charge is -2.29. The van der Waals surface area contributed by atoms with Gasteiger partial charge in [0.1, 0.15) is 0 Å². The Labute approximate surface area is 242 Å². The van der Waals surface area contributed by atoms with Gasteiger partial charge in [-0.3, -0.25) is 4.79 Å². The standard InChI is InChI=1S/C31H42N2O5S2/c1-5-24-20-26(25-13-10-23(11-14-25)12-17-30(35)36)15-16-29(24)40(37,38)33(4)22-27(34)21-32-31(2,3)18-6-8-28-9-7-19-39-28/h7,9-11,13-16,19-20,27,32,34H,5-6,8,12,17-18,21-22H2,1-4H3,(H,35,36)/t27-/m1/s1. The predicted octanol–water partition coefficient (Wildman–Crippen LogP) is 5.37. The topological polar surface area (TPSA) is 107 Å². The normalized spacial score (nSPS) is 13.1. The molecule has 3 aromatic rings. The summed E-state index contributed by atoms with van der Waals surface area (Å²) in [5.74, 6) is -0.827. The van der Waals surface area contributed by atoms with Crippen molar-refractivity contribution in [2.24, 2.45) is 0 Å². The Morgan fingerprint density at radius 1 is 1.07 bits per heavy atom. The van der Waals surface area contributed by atoms with Crippen molar-refractivity contribution in [2.75, 3.05) is 20.1 Å². The van der Waals surface area contributed by atoms with Crippen molar-refractivity contribution in [3.05, 3.63) is 76.0 Å². The number of carboxylic acids is 1. The van der Waals surface area contributed by atoms with Crippen LogP contribution in [0.15, 0.2) is 64.9 Å². The molecule has 0 aliphatic rings. The van der Waals surface area contributed by atoms with E-state index in [0.717, 1.165) is 36.0 Å². The van der Waals surface area contributed by atoms with Gasteiger partial charge in [0.2, 0.25) is 10.0 Å². The smallest absolute Gasteiger partial charge is 0.303 e. The van der Waals surface area contributed by atoms with E-state index in [9.17, 15) is 18.3 Å². The molecule has 0 saturated carbocycles. The van der Waals surface area contributed by atoms with Crippen LogP contribution in [0, 0.1) is 0 Å². The van der Waals surface area contributed by atoms with Crippen molar-refractivity contribution >= 4 is 27.3 Å². The lowest BCUT2D eigenvalue weighted by atomic mass is 9.96. The van der Waals surface area contributed by atoms with Crippen LogP contribution in [0.25, 0.3) is 11.1 Å². The fourth-order valence-corrected chi connectivity index (χ4v) is 6.90. The number of hydrogen-bond donors (Lipinski definition) is 3. The number of nitrogens with zero attached hydrogens (tertiary/aromatic N) is 1. The van der Waals surface area contributed by atoms with Crippen molar-refractivity contribution in [1.29, 1.82) is 0 Å². The number of aliphatic hydroxyl groups is 1. The van der Waals surface area contributed by atoms with Crippen LogP contribution in [0.4, 0.5) is 0 Å². The molecule has 3 N–H and O–H groups in total. The minimum absolute atomic E-state index is 0.0106. The summed E-state index contributed by atoms with van der Waals surface area (Å²) in [4.78, 5) is 12.4. The van der Waals surface area contributed by atoms with Crippen LogP contribution in [0.3, 0.4) is 0 Å². The average Bonchev–Trinajstić information content (AvgIpc) is 3.44. The molecule has 0 radical (unpaired) electrons. The van der Waals surface area contributed by atoms with Crippen LogP contribution in [-0.4, -0.2) is 60.7 Å². The first kappa shape index (κ1) is 32.0. The van der Waals surface area contributed by atoms with E-state index >= 15 is 0 Å². The van der Waals surface area contributed by atoms with Crippen LogP contribution in [0.2, 0.25) is 0 Å². The largest absolute Gasteiger partial charge is 0.481 e. The number of β-amino-alcohol motifs (C(OH)–C–C–N with tert-alkyl or cyclic N) is 1. The molecule has 0 aliphatic heterocycles. The van der Waals surface area contributed by atoms with Gasteiger partial charge in [-0.05, 0) is 91.8 Å². The number of aliphatic hydroxyl groups excluding tert-OH is 1. The number of carboxylic acid groups (broad SMARTS) is 1. The van der Waals surface area contributed by atoms with Gasteiger partial charge < -0.3 is 15.5 Å². The summed E-state index contributed by atoms with van der Waals surface area (Å²) in [6.45, 7) is 6.42. The summed E-state index contributed by atoms with van der Waals surface area (Å²) in [5, 5.41) is 25.1. The zero-order valence-electron chi connectivity index (χ0n) is 23.9. The van der Waals surface area contributed by atoms with Gasteiger partial charge in [-0.25, -0.2) is 8.42 Å². The van der Waals surface area contributed by atoms with Crippen LogP contribution in [-0.2, 0) is 34.1 Å². The molecule has 2 aromatic carbocycles. The number of benzene rings is 2. The van der Waals surface area contributed by atoms with Gasteiger partial charge in [-0.2, -0.15) is 4.31 Å². The number of aliphatic carboxylic acids is 1. The summed E-state index contributed by atoms with van der Waals surface area (Å²) < 4.78 is 28.2. The summed E-state index contributed by atoms with van der Waals surface area (Å²) in [5.41, 5.74) is 3.31. The second kappa shape index (κ2) is 14.4.